The molecule has 0 saturated carbocycles. The molecule has 1 N–H and O–H groups in total. The third-order valence-electron chi connectivity index (χ3n) is 4.59. The lowest BCUT2D eigenvalue weighted by molar-refractivity contribution is 0.379. The first-order valence-corrected chi connectivity index (χ1v) is 8.11. The number of rotatable bonds is 2. The van der Waals surface area contributed by atoms with Crippen LogP contribution in [-0.4, -0.2) is 30.2 Å². The third kappa shape index (κ3) is 3.18. The summed E-state index contributed by atoms with van der Waals surface area (Å²) in [6.07, 6.45) is 7.47. The van der Waals surface area contributed by atoms with Gasteiger partial charge in [0.15, 0.2) is 0 Å². The van der Waals surface area contributed by atoms with Crippen molar-refractivity contribution in [1.82, 2.24) is 10.3 Å². The molecule has 2 atom stereocenters. The molecule has 1 saturated heterocycles. The minimum Gasteiger partial charge on any atom is -0.371 e. The van der Waals surface area contributed by atoms with E-state index in [1.54, 1.807) is 0 Å². The van der Waals surface area contributed by atoms with Gasteiger partial charge in [0.25, 0.3) is 0 Å². The maximum atomic E-state index is 4.32. The SMILES string of the molecule is CCC1CCN(c2cccc3ccncc23)CCC(C)N1. The topological polar surface area (TPSA) is 28.2 Å². The molecule has 1 aliphatic heterocycles. The predicted octanol–water partition coefficient (Wildman–Crippen LogP) is 3.59. The van der Waals surface area contributed by atoms with E-state index in [1.807, 2.05) is 12.4 Å². The van der Waals surface area contributed by atoms with Gasteiger partial charge in [-0.1, -0.05) is 19.1 Å². The summed E-state index contributed by atoms with van der Waals surface area (Å²) in [5, 5.41) is 6.29. The van der Waals surface area contributed by atoms with Crippen molar-refractivity contribution in [3.63, 3.8) is 0 Å². The monoisotopic (exact) mass is 283 g/mol. The van der Waals surface area contributed by atoms with Crippen LogP contribution >= 0.6 is 0 Å². The number of aromatic nitrogens is 1. The van der Waals surface area contributed by atoms with Crippen molar-refractivity contribution in [3.8, 4) is 0 Å². The Morgan fingerprint density at radius 1 is 1.24 bits per heavy atom. The normalized spacial score (nSPS) is 23.8. The van der Waals surface area contributed by atoms with Crippen LogP contribution in [0.15, 0.2) is 36.7 Å². The van der Waals surface area contributed by atoms with Crippen molar-refractivity contribution in [3.05, 3.63) is 36.7 Å². The van der Waals surface area contributed by atoms with Crippen molar-refractivity contribution in [2.75, 3.05) is 18.0 Å². The Balaban J connectivity index is 1.90. The van der Waals surface area contributed by atoms with Crippen LogP contribution in [-0.2, 0) is 0 Å². The van der Waals surface area contributed by atoms with E-state index in [0.29, 0.717) is 12.1 Å². The fourth-order valence-electron chi connectivity index (χ4n) is 3.28. The van der Waals surface area contributed by atoms with Crippen LogP contribution in [0.25, 0.3) is 10.8 Å². The lowest BCUT2D eigenvalue weighted by Gasteiger charge is -2.33. The Labute approximate surface area is 127 Å². The molecule has 2 aromatic rings. The molecule has 0 radical (unpaired) electrons. The lowest BCUT2D eigenvalue weighted by atomic mass is 10.0. The molecule has 3 heteroatoms. The second-order valence-corrected chi connectivity index (χ2v) is 6.11. The zero-order valence-corrected chi connectivity index (χ0v) is 13.0. The van der Waals surface area contributed by atoms with Crippen LogP contribution in [0.2, 0.25) is 0 Å². The third-order valence-corrected chi connectivity index (χ3v) is 4.59. The van der Waals surface area contributed by atoms with Gasteiger partial charge in [-0.15, -0.1) is 0 Å². The summed E-state index contributed by atoms with van der Waals surface area (Å²) in [6, 6.07) is 9.90. The number of nitrogens with zero attached hydrogens (tertiary/aromatic N) is 2. The van der Waals surface area contributed by atoms with Gasteiger partial charge in [-0.05, 0) is 43.7 Å². The molecular formula is C18H25N3. The van der Waals surface area contributed by atoms with Gasteiger partial charge in [-0.25, -0.2) is 0 Å². The standard InChI is InChI=1S/C18H25N3/c1-3-16-9-12-21(11-8-14(2)20-16)18-6-4-5-15-7-10-19-13-17(15)18/h4-7,10,13-14,16,20H,3,8-9,11-12H2,1-2H3. The van der Waals surface area contributed by atoms with Crippen molar-refractivity contribution in [1.29, 1.82) is 0 Å². The van der Waals surface area contributed by atoms with Crippen molar-refractivity contribution in [2.24, 2.45) is 0 Å². The first kappa shape index (κ1) is 14.3. The number of fused-ring (bicyclic) bond motifs is 1. The number of anilines is 1. The highest BCUT2D eigenvalue weighted by Crippen LogP contribution is 2.27. The van der Waals surface area contributed by atoms with Crippen LogP contribution in [0.5, 0.6) is 0 Å². The number of pyridine rings is 1. The maximum Gasteiger partial charge on any atom is 0.0461 e. The Morgan fingerprint density at radius 3 is 2.95 bits per heavy atom. The molecule has 112 valence electrons. The van der Waals surface area contributed by atoms with Crippen LogP contribution in [0.1, 0.15) is 33.1 Å². The van der Waals surface area contributed by atoms with Crippen molar-refractivity contribution < 1.29 is 0 Å². The Hall–Kier alpha value is -1.61. The molecule has 0 amide bonds. The van der Waals surface area contributed by atoms with E-state index in [2.05, 4.69) is 53.3 Å². The number of nitrogens with one attached hydrogen (secondary N) is 1. The molecule has 1 aromatic carbocycles. The molecule has 1 aliphatic rings. The Morgan fingerprint density at radius 2 is 2.10 bits per heavy atom. The summed E-state index contributed by atoms with van der Waals surface area (Å²) in [5.41, 5.74) is 1.34. The van der Waals surface area contributed by atoms with Gasteiger partial charge >= 0.3 is 0 Å². The van der Waals surface area contributed by atoms with Gasteiger partial charge in [0.2, 0.25) is 0 Å². The summed E-state index contributed by atoms with van der Waals surface area (Å²) in [7, 11) is 0. The van der Waals surface area contributed by atoms with Gasteiger partial charge < -0.3 is 10.2 Å². The number of benzene rings is 1. The van der Waals surface area contributed by atoms with Crippen LogP contribution < -0.4 is 10.2 Å². The van der Waals surface area contributed by atoms with E-state index in [-0.39, 0.29) is 0 Å². The first-order valence-electron chi connectivity index (χ1n) is 8.11. The van der Waals surface area contributed by atoms with E-state index >= 15 is 0 Å². The highest BCUT2D eigenvalue weighted by molar-refractivity contribution is 5.93. The van der Waals surface area contributed by atoms with Gasteiger partial charge in [0, 0.05) is 48.6 Å². The number of hydrogen-bond donors (Lipinski definition) is 1. The average molecular weight is 283 g/mol. The van der Waals surface area contributed by atoms with E-state index in [9.17, 15) is 0 Å². The molecule has 2 heterocycles. The first-order chi connectivity index (χ1) is 10.3. The predicted molar refractivity (Wildman–Crippen MR) is 89.9 cm³/mol. The summed E-state index contributed by atoms with van der Waals surface area (Å²) < 4.78 is 0. The number of hydrogen-bond acceptors (Lipinski definition) is 3. The smallest absolute Gasteiger partial charge is 0.0461 e. The van der Waals surface area contributed by atoms with E-state index in [0.717, 1.165) is 13.1 Å². The van der Waals surface area contributed by atoms with Gasteiger partial charge in [-0.2, -0.15) is 0 Å². The second-order valence-electron chi connectivity index (χ2n) is 6.11. The molecule has 1 aromatic heterocycles. The van der Waals surface area contributed by atoms with Crippen molar-refractivity contribution >= 4 is 16.5 Å². The lowest BCUT2D eigenvalue weighted by Crippen LogP contribution is -2.44. The maximum absolute atomic E-state index is 4.32. The fourth-order valence-corrected chi connectivity index (χ4v) is 3.28. The fraction of sp³-hybridized carbons (Fsp3) is 0.500. The molecule has 0 bridgehead atoms. The molecule has 0 aliphatic carbocycles. The summed E-state index contributed by atoms with van der Waals surface area (Å²) >= 11 is 0. The molecule has 2 unspecified atom stereocenters. The highest BCUT2D eigenvalue weighted by atomic mass is 15.1. The molecule has 3 nitrogen and oxygen atoms in total. The van der Waals surface area contributed by atoms with Crippen LogP contribution in [0.3, 0.4) is 0 Å². The van der Waals surface area contributed by atoms with Gasteiger partial charge in [0.1, 0.15) is 0 Å². The Kier molecular flexibility index (Phi) is 4.39. The quantitative estimate of drug-likeness (QED) is 0.913. The van der Waals surface area contributed by atoms with Gasteiger partial charge in [0.05, 0.1) is 0 Å². The minimum atomic E-state index is 0.589. The second kappa shape index (κ2) is 6.44. The molecule has 0 spiro atoms. The van der Waals surface area contributed by atoms with Crippen molar-refractivity contribution in [2.45, 2.75) is 45.2 Å². The van der Waals surface area contributed by atoms with Crippen LogP contribution in [0, 0.1) is 0 Å². The largest absolute Gasteiger partial charge is 0.371 e. The molecule has 21 heavy (non-hydrogen) atoms. The zero-order valence-electron chi connectivity index (χ0n) is 13.0. The van der Waals surface area contributed by atoms with Gasteiger partial charge in [-0.3, -0.25) is 4.98 Å². The average Bonchev–Trinajstić information content (AvgIpc) is 2.51. The highest BCUT2D eigenvalue weighted by Gasteiger charge is 2.18. The van der Waals surface area contributed by atoms with Crippen LogP contribution in [0.4, 0.5) is 5.69 Å². The molecule has 1 fully saturated rings. The summed E-state index contributed by atoms with van der Waals surface area (Å²) in [5.74, 6) is 0. The Bertz CT molecular complexity index is 591. The zero-order chi connectivity index (χ0) is 14.7. The molecule has 3 rings (SSSR count). The summed E-state index contributed by atoms with van der Waals surface area (Å²) in [6.45, 7) is 6.81. The summed E-state index contributed by atoms with van der Waals surface area (Å²) in [4.78, 5) is 6.86. The minimum absolute atomic E-state index is 0.589. The van der Waals surface area contributed by atoms with E-state index < -0.39 is 0 Å². The van der Waals surface area contributed by atoms with E-state index in [1.165, 1.54) is 35.7 Å². The molecular weight excluding hydrogens is 258 g/mol. The van der Waals surface area contributed by atoms with E-state index in [4.69, 9.17) is 0 Å².